The number of rotatable bonds is 4. The second-order valence-electron chi connectivity index (χ2n) is 4.94. The Bertz CT molecular complexity index is 352. The smallest absolute Gasteiger partial charge is 0.126 e. The zero-order chi connectivity index (χ0) is 12.3. The van der Waals surface area contributed by atoms with Crippen molar-refractivity contribution in [3.8, 4) is 0 Å². The summed E-state index contributed by atoms with van der Waals surface area (Å²) in [5, 5.41) is 0.912. The largest absolute Gasteiger partial charge is 0.207 e. The third-order valence-electron chi connectivity index (χ3n) is 3.68. The minimum absolute atomic E-state index is 0.472. The summed E-state index contributed by atoms with van der Waals surface area (Å²) >= 11 is 3.53. The molecule has 0 spiro atoms. The maximum absolute atomic E-state index is 13.1. The summed E-state index contributed by atoms with van der Waals surface area (Å²) in [7, 11) is 0. The van der Waals surface area contributed by atoms with Gasteiger partial charge in [-0.05, 0) is 36.0 Å². The second-order valence-corrected chi connectivity index (χ2v) is 5.59. The Kier molecular flexibility index (Phi) is 4.55. The molecule has 2 rings (SSSR count). The van der Waals surface area contributed by atoms with E-state index in [9.17, 15) is 8.78 Å². The van der Waals surface area contributed by atoms with Crippen molar-refractivity contribution >= 4 is 15.9 Å². The van der Waals surface area contributed by atoms with E-state index in [1.54, 1.807) is 0 Å². The molecule has 0 radical (unpaired) electrons. The number of benzene rings is 1. The average Bonchev–Trinajstić information content (AvgIpc) is 2.77. The van der Waals surface area contributed by atoms with Gasteiger partial charge in [-0.15, -0.1) is 0 Å². The summed E-state index contributed by atoms with van der Waals surface area (Å²) in [6, 6.07) is 3.84. The summed E-state index contributed by atoms with van der Waals surface area (Å²) in [4.78, 5) is 0. The molecular formula is C14H17BrF2. The number of hydrogen-bond donors (Lipinski definition) is 0. The Morgan fingerprint density at radius 3 is 2.24 bits per heavy atom. The highest BCUT2D eigenvalue weighted by Crippen LogP contribution is 2.34. The van der Waals surface area contributed by atoms with Gasteiger partial charge in [0.15, 0.2) is 0 Å². The highest BCUT2D eigenvalue weighted by molar-refractivity contribution is 9.09. The van der Waals surface area contributed by atoms with Gasteiger partial charge in [-0.25, -0.2) is 8.78 Å². The van der Waals surface area contributed by atoms with Gasteiger partial charge in [0.1, 0.15) is 11.6 Å². The van der Waals surface area contributed by atoms with Gasteiger partial charge in [0.05, 0.1) is 0 Å². The van der Waals surface area contributed by atoms with Gasteiger partial charge in [0.2, 0.25) is 0 Å². The molecule has 1 aliphatic carbocycles. The van der Waals surface area contributed by atoms with E-state index in [-0.39, 0.29) is 0 Å². The molecule has 1 atom stereocenters. The molecule has 94 valence electrons. The van der Waals surface area contributed by atoms with E-state index >= 15 is 0 Å². The molecule has 0 N–H and O–H groups in total. The lowest BCUT2D eigenvalue weighted by atomic mass is 9.87. The summed E-state index contributed by atoms with van der Waals surface area (Å²) in [6.07, 6.45) is 5.88. The van der Waals surface area contributed by atoms with E-state index in [0.29, 0.717) is 11.8 Å². The molecule has 1 aliphatic rings. The fourth-order valence-electron chi connectivity index (χ4n) is 2.81. The number of alkyl halides is 1. The van der Waals surface area contributed by atoms with Crippen molar-refractivity contribution in [1.82, 2.24) is 0 Å². The minimum Gasteiger partial charge on any atom is -0.207 e. The first kappa shape index (κ1) is 13.0. The second kappa shape index (κ2) is 5.94. The Hall–Kier alpha value is -0.440. The van der Waals surface area contributed by atoms with Crippen molar-refractivity contribution in [1.29, 1.82) is 0 Å². The van der Waals surface area contributed by atoms with E-state index in [2.05, 4.69) is 15.9 Å². The summed E-state index contributed by atoms with van der Waals surface area (Å²) in [5.74, 6) is 0.263. The van der Waals surface area contributed by atoms with E-state index in [1.807, 2.05) is 0 Å². The normalized spacial score (nSPS) is 18.5. The molecule has 0 saturated heterocycles. The molecule has 0 bridgehead atoms. The third-order valence-corrected chi connectivity index (χ3v) is 4.52. The van der Waals surface area contributed by atoms with Crippen molar-refractivity contribution in [2.24, 2.45) is 11.8 Å². The molecule has 1 aromatic rings. The first-order chi connectivity index (χ1) is 8.19. The Morgan fingerprint density at radius 2 is 1.71 bits per heavy atom. The fraction of sp³-hybridized carbons (Fsp3) is 0.571. The van der Waals surface area contributed by atoms with Crippen LogP contribution in [0.1, 0.15) is 31.2 Å². The molecule has 1 saturated carbocycles. The van der Waals surface area contributed by atoms with Gasteiger partial charge in [0, 0.05) is 11.4 Å². The number of hydrogen-bond acceptors (Lipinski definition) is 0. The van der Waals surface area contributed by atoms with E-state index in [1.165, 1.54) is 37.8 Å². The van der Waals surface area contributed by atoms with Gasteiger partial charge >= 0.3 is 0 Å². The van der Waals surface area contributed by atoms with Crippen molar-refractivity contribution in [3.05, 3.63) is 35.4 Å². The van der Waals surface area contributed by atoms with Crippen molar-refractivity contribution in [2.75, 3.05) is 5.33 Å². The van der Waals surface area contributed by atoms with E-state index in [0.717, 1.165) is 23.4 Å². The fourth-order valence-corrected chi connectivity index (χ4v) is 3.57. The molecule has 1 aromatic carbocycles. The van der Waals surface area contributed by atoms with Crippen LogP contribution >= 0.6 is 15.9 Å². The lowest BCUT2D eigenvalue weighted by Crippen LogP contribution is -2.16. The van der Waals surface area contributed by atoms with Crippen LogP contribution < -0.4 is 0 Å². The molecule has 0 nitrogen and oxygen atoms in total. The van der Waals surface area contributed by atoms with Crippen LogP contribution in [0.3, 0.4) is 0 Å². The monoisotopic (exact) mass is 302 g/mol. The number of halogens is 3. The molecule has 0 aliphatic heterocycles. The Balaban J connectivity index is 2.06. The van der Waals surface area contributed by atoms with E-state index in [4.69, 9.17) is 0 Å². The third kappa shape index (κ3) is 3.51. The van der Waals surface area contributed by atoms with Gasteiger partial charge in [-0.2, -0.15) is 0 Å². The molecule has 0 heterocycles. The topological polar surface area (TPSA) is 0 Å². The average molecular weight is 303 g/mol. The lowest BCUT2D eigenvalue weighted by molar-refractivity contribution is 0.372. The van der Waals surface area contributed by atoms with Crippen LogP contribution in [0.15, 0.2) is 18.2 Å². The van der Waals surface area contributed by atoms with Crippen molar-refractivity contribution in [2.45, 2.75) is 32.1 Å². The zero-order valence-electron chi connectivity index (χ0n) is 9.76. The SMILES string of the molecule is Fc1cc(F)cc(CC(CBr)C2CCCC2)c1. The summed E-state index contributed by atoms with van der Waals surface area (Å²) in [5.41, 5.74) is 0.777. The van der Waals surface area contributed by atoms with Crippen LogP contribution in [0.25, 0.3) is 0 Å². The van der Waals surface area contributed by atoms with Crippen LogP contribution in [0.2, 0.25) is 0 Å². The van der Waals surface area contributed by atoms with Crippen LogP contribution in [0.4, 0.5) is 8.78 Å². The van der Waals surface area contributed by atoms with Gasteiger partial charge < -0.3 is 0 Å². The minimum atomic E-state index is -0.472. The maximum atomic E-state index is 13.1. The maximum Gasteiger partial charge on any atom is 0.126 e. The quantitative estimate of drug-likeness (QED) is 0.707. The Morgan fingerprint density at radius 1 is 1.12 bits per heavy atom. The van der Waals surface area contributed by atoms with E-state index < -0.39 is 11.6 Å². The first-order valence-corrected chi connectivity index (χ1v) is 7.32. The highest BCUT2D eigenvalue weighted by atomic mass is 79.9. The zero-order valence-corrected chi connectivity index (χ0v) is 11.3. The molecule has 3 heteroatoms. The van der Waals surface area contributed by atoms with Crippen LogP contribution in [0.5, 0.6) is 0 Å². The van der Waals surface area contributed by atoms with Crippen molar-refractivity contribution < 1.29 is 8.78 Å². The molecular weight excluding hydrogens is 286 g/mol. The molecule has 0 aromatic heterocycles. The lowest BCUT2D eigenvalue weighted by Gasteiger charge is -2.21. The standard InChI is InChI=1S/C14H17BrF2/c15-9-12(11-3-1-2-4-11)5-10-6-13(16)8-14(17)7-10/h6-8,11-12H,1-5,9H2. The highest BCUT2D eigenvalue weighted by Gasteiger charge is 2.24. The van der Waals surface area contributed by atoms with Crippen LogP contribution in [0, 0.1) is 23.5 Å². The van der Waals surface area contributed by atoms with Gasteiger partial charge in [-0.3, -0.25) is 0 Å². The molecule has 1 fully saturated rings. The van der Waals surface area contributed by atoms with Crippen LogP contribution in [-0.2, 0) is 6.42 Å². The first-order valence-electron chi connectivity index (χ1n) is 6.20. The van der Waals surface area contributed by atoms with Gasteiger partial charge in [-0.1, -0.05) is 41.6 Å². The van der Waals surface area contributed by atoms with Gasteiger partial charge in [0.25, 0.3) is 0 Å². The summed E-state index contributed by atoms with van der Waals surface area (Å²) in [6.45, 7) is 0. The Labute approximate surface area is 110 Å². The predicted octanol–water partition coefficient (Wildman–Crippen LogP) is 4.71. The molecule has 17 heavy (non-hydrogen) atoms. The summed E-state index contributed by atoms with van der Waals surface area (Å²) < 4.78 is 26.2. The van der Waals surface area contributed by atoms with Crippen LogP contribution in [-0.4, -0.2) is 5.33 Å². The predicted molar refractivity (Wildman–Crippen MR) is 69.3 cm³/mol. The molecule has 0 amide bonds. The van der Waals surface area contributed by atoms with Crippen molar-refractivity contribution in [3.63, 3.8) is 0 Å². The molecule has 1 unspecified atom stereocenters.